The van der Waals surface area contributed by atoms with Crippen molar-refractivity contribution in [3.63, 3.8) is 0 Å². The minimum atomic E-state index is 0.408. The van der Waals surface area contributed by atoms with E-state index in [1.165, 1.54) is 324 Å². The van der Waals surface area contributed by atoms with Crippen molar-refractivity contribution in [2.24, 2.45) is 0 Å². The van der Waals surface area contributed by atoms with Gasteiger partial charge in [0.2, 0.25) is 0 Å². The minimum absolute atomic E-state index is 0.408. The van der Waals surface area contributed by atoms with Gasteiger partial charge >= 0.3 is 0 Å². The van der Waals surface area contributed by atoms with Crippen molar-refractivity contribution in [1.82, 2.24) is 0 Å². The second kappa shape index (κ2) is 36.5. The molecule has 0 saturated heterocycles. The van der Waals surface area contributed by atoms with Crippen LogP contribution in [0.2, 0.25) is 0 Å². The maximum absolute atomic E-state index is 5.79. The van der Waals surface area contributed by atoms with Crippen LogP contribution in [0, 0.1) is 96.9 Å². The van der Waals surface area contributed by atoms with E-state index < -0.39 is 0 Å². The molecule has 14 aromatic carbocycles. The van der Waals surface area contributed by atoms with Gasteiger partial charge in [-0.15, -0.1) is 0 Å². The first kappa shape index (κ1) is 90.8. The van der Waals surface area contributed by atoms with Crippen molar-refractivity contribution in [2.45, 2.75) is 327 Å². The Kier molecular flexibility index (Phi) is 24.2. The molecule has 0 aromatic heterocycles. The lowest BCUT2D eigenvalue weighted by atomic mass is 9.42. The van der Waals surface area contributed by atoms with E-state index in [2.05, 4.69) is 301 Å². The zero-order valence-electron chi connectivity index (χ0n) is 84.7. The zero-order chi connectivity index (χ0) is 94.0. The fourth-order valence-corrected chi connectivity index (χ4v) is 30.2. The number of hydrogen-bond donors (Lipinski definition) is 0. The lowest BCUT2D eigenvalue weighted by Gasteiger charge is -2.61. The van der Waals surface area contributed by atoms with E-state index in [1.54, 1.807) is 55.6 Å². The fraction of sp³-hybridized carbons (Fsp3) is 0.378. The molecule has 137 heavy (non-hydrogen) atoms. The van der Waals surface area contributed by atoms with Gasteiger partial charge in [0, 0.05) is 21.7 Å². The molecule has 0 N–H and O–H groups in total. The van der Waals surface area contributed by atoms with Crippen LogP contribution in [0.4, 0.5) is 0 Å². The summed E-state index contributed by atoms with van der Waals surface area (Å²) < 4.78 is 11.6. The highest BCUT2D eigenvalue weighted by Crippen LogP contribution is 2.71. The molecule has 4 unspecified atom stereocenters. The average Bonchev–Trinajstić information content (AvgIpc) is 1.67. The molecular formula is C135H144O2. The van der Waals surface area contributed by atoms with Crippen molar-refractivity contribution < 1.29 is 9.47 Å². The quantitative estimate of drug-likeness (QED) is 0.151. The van der Waals surface area contributed by atoms with Crippen molar-refractivity contribution in [2.75, 3.05) is 0 Å². The first-order chi connectivity index (χ1) is 66.4. The molecule has 14 aliphatic rings. The largest absolute Gasteiger partial charge is 0.450 e. The molecule has 4 atom stereocenters. The van der Waals surface area contributed by atoms with Crippen LogP contribution >= 0.6 is 0 Å². The van der Waals surface area contributed by atoms with Gasteiger partial charge in [0.05, 0.1) is 0 Å². The Bertz CT molecular complexity index is 6660. The SMILES string of the molecule is Cc1ccc2c(c1)C13CCCC1(CCC3)c1cc(C)ccc1-2.Cc1ccc2c(c1)C13CCCCC1(CCCC3)c1cc(C)ccc1-2.Cc1ccc2c(c1)C1CCCC1c1cc(C)ccc1-2.Cc1ccc2c(c1)C1CCCCC1c1cc(C)ccc1-2.Cc1ccc2c(c1)CC1(CCCC1)c1cc(C)ccc1-2.Cc1ccc2c(c1)CCc1cc(C)ccc1-2.Cc1ccc2c(c1)Oc1ccc(C)cc1O2. The molecule has 1 spiro atoms. The molecule has 28 rings (SSSR count). The van der Waals surface area contributed by atoms with E-state index in [1.807, 2.05) is 50.2 Å². The van der Waals surface area contributed by atoms with E-state index >= 15 is 0 Å². The predicted molar refractivity (Wildman–Crippen MR) is 577 cm³/mol. The number of benzene rings is 14. The number of aryl methyl sites for hydroxylation is 16. The Morgan fingerprint density at radius 2 is 0.409 bits per heavy atom. The Hall–Kier alpha value is -11.3. The monoisotopic (exact) mass is 1800 g/mol. The van der Waals surface area contributed by atoms with Crippen molar-refractivity contribution in [1.29, 1.82) is 0 Å². The van der Waals surface area contributed by atoms with Gasteiger partial charge in [0.15, 0.2) is 23.0 Å². The molecule has 696 valence electrons. The molecule has 2 nitrogen and oxygen atoms in total. The highest BCUT2D eigenvalue weighted by atomic mass is 16.6. The van der Waals surface area contributed by atoms with Gasteiger partial charge < -0.3 is 9.47 Å². The summed E-state index contributed by atoms with van der Waals surface area (Å²) in [7, 11) is 0. The first-order valence-corrected chi connectivity index (χ1v) is 53.3. The van der Waals surface area contributed by atoms with Gasteiger partial charge in [-0.1, -0.05) is 368 Å². The van der Waals surface area contributed by atoms with Gasteiger partial charge in [-0.2, -0.15) is 0 Å². The summed E-state index contributed by atoms with van der Waals surface area (Å²) in [6, 6.07) is 96.8. The molecule has 7 fully saturated rings. The van der Waals surface area contributed by atoms with E-state index in [0.29, 0.717) is 27.1 Å². The van der Waals surface area contributed by atoms with E-state index in [4.69, 9.17) is 9.47 Å². The van der Waals surface area contributed by atoms with Gasteiger partial charge in [0.25, 0.3) is 0 Å². The van der Waals surface area contributed by atoms with Gasteiger partial charge in [-0.3, -0.25) is 0 Å². The summed E-state index contributed by atoms with van der Waals surface area (Å²) >= 11 is 0. The number of fused-ring (bicyclic) bond motifs is 27. The Balaban J connectivity index is 0.0000000928. The second-order valence-corrected chi connectivity index (χ2v) is 45.4. The van der Waals surface area contributed by atoms with E-state index in [-0.39, 0.29) is 0 Å². The van der Waals surface area contributed by atoms with Gasteiger partial charge in [-0.05, 0) is 404 Å². The summed E-state index contributed by atoms with van der Waals surface area (Å²) in [5, 5.41) is 0. The second-order valence-electron chi connectivity index (χ2n) is 45.4. The van der Waals surface area contributed by atoms with Crippen LogP contribution < -0.4 is 9.47 Å². The standard InChI is InChI=1S/C24H28.C22H24.2C20H22.C19H20.C16H16.C14H12O2/c1-17-7-9-19-20-10-8-18(2)16-22(20)24-13-5-3-11-23(24,21(19)15-17)12-4-6-14-24;1-15-5-7-17-18-8-6-16(2)14-20(18)22-11-3-9-21(22,10-4-12-22)19(17)13-15;1-14-5-7-17-16(11-14)13-20(9-3-4-10-20)19-12-15(2)6-8-18(17)19;1-13-7-9-17-18-10-8-14(2)12-20(18)16-6-4-3-5-15(16)19(17)11-13;1-12-6-8-16-17-9-7-13(2)11-19(17)15-5-3-4-14(15)18(16)10-12;1-11-3-7-15-13(9-11)5-6-14-10-12(2)4-8-16(14)15;1-9-3-5-11-13(7-9)15-12-6-4-10(2)8-14(12)16-11/h7-10,15-16H,3-6,11-14H2,1-2H3;5-8,13-14H,3-4,9-12H2,1-2H3;5-8,11-12H,3-4,9-10,13H2,1-2H3;7-12,15-16H,3-6H2,1-2H3;6-11,14-15H,3-5H2,1-2H3;3-4,7-10H,5-6H2,1-2H3;3-8H,1-2H3. The summed E-state index contributed by atoms with van der Waals surface area (Å²) in [6.45, 7) is 30.8. The van der Waals surface area contributed by atoms with Crippen molar-refractivity contribution in [3.05, 3.63) is 399 Å². The summed E-state index contributed by atoms with van der Waals surface area (Å²) in [4.78, 5) is 0. The lowest BCUT2D eigenvalue weighted by Crippen LogP contribution is -2.55. The molecular weight excluding hydrogens is 1650 g/mol. The van der Waals surface area contributed by atoms with Crippen LogP contribution in [-0.4, -0.2) is 0 Å². The summed E-state index contributed by atoms with van der Waals surface area (Å²) in [5.74, 6) is 6.19. The van der Waals surface area contributed by atoms with Crippen LogP contribution in [0.15, 0.2) is 255 Å². The maximum atomic E-state index is 5.79. The molecule has 0 amide bonds. The third-order valence-corrected chi connectivity index (χ3v) is 36.3. The highest BCUT2D eigenvalue weighted by Gasteiger charge is 2.63. The van der Waals surface area contributed by atoms with Crippen molar-refractivity contribution in [3.8, 4) is 89.8 Å². The first-order valence-electron chi connectivity index (χ1n) is 53.3. The number of ether oxygens (including phenoxy) is 2. The Labute approximate surface area is 820 Å². The van der Waals surface area contributed by atoms with Crippen LogP contribution in [-0.2, 0) is 46.3 Å². The van der Waals surface area contributed by atoms with Crippen LogP contribution in [0.3, 0.4) is 0 Å². The van der Waals surface area contributed by atoms with Crippen LogP contribution in [0.1, 0.15) is 329 Å². The van der Waals surface area contributed by atoms with Crippen LogP contribution in [0.5, 0.6) is 23.0 Å². The molecule has 0 bridgehead atoms. The molecule has 13 aliphatic carbocycles. The van der Waals surface area contributed by atoms with Gasteiger partial charge in [-0.25, -0.2) is 0 Å². The third kappa shape index (κ3) is 16.2. The molecule has 2 heteroatoms. The average molecular weight is 1800 g/mol. The molecule has 7 saturated carbocycles. The Morgan fingerprint density at radius 3 is 0.730 bits per heavy atom. The molecule has 1 heterocycles. The smallest absolute Gasteiger partial charge is 0.170 e. The summed E-state index contributed by atoms with van der Waals surface area (Å²) in [6.07, 6.45) is 38.5. The normalized spacial score (nSPS) is 22.9. The maximum Gasteiger partial charge on any atom is 0.170 e. The van der Waals surface area contributed by atoms with Gasteiger partial charge in [0.1, 0.15) is 0 Å². The number of hydrogen-bond acceptors (Lipinski definition) is 2. The molecule has 1 aliphatic heterocycles. The molecule has 0 radical (unpaired) electrons. The van der Waals surface area contributed by atoms with E-state index in [0.717, 1.165) is 57.8 Å². The lowest BCUT2D eigenvalue weighted by molar-refractivity contribution is 0.0790. The highest BCUT2D eigenvalue weighted by molar-refractivity contribution is 5.84. The molecule has 14 aromatic rings. The minimum Gasteiger partial charge on any atom is -0.450 e. The Morgan fingerprint density at radius 1 is 0.182 bits per heavy atom. The third-order valence-electron chi connectivity index (χ3n) is 36.3. The van der Waals surface area contributed by atoms with Crippen LogP contribution in [0.25, 0.3) is 66.8 Å². The fourth-order valence-electron chi connectivity index (χ4n) is 30.2. The topological polar surface area (TPSA) is 18.5 Å². The summed E-state index contributed by atoms with van der Waals surface area (Å²) in [5.41, 5.74) is 58.7. The number of rotatable bonds is 0. The van der Waals surface area contributed by atoms with E-state index in [9.17, 15) is 0 Å². The zero-order valence-corrected chi connectivity index (χ0v) is 84.7. The predicted octanol–water partition coefficient (Wildman–Crippen LogP) is 37.1. The van der Waals surface area contributed by atoms with Crippen molar-refractivity contribution >= 4 is 0 Å².